The van der Waals surface area contributed by atoms with Crippen LogP contribution in [0, 0.1) is 0 Å². The summed E-state index contributed by atoms with van der Waals surface area (Å²) in [6, 6.07) is 185. The second kappa shape index (κ2) is 35.2. The molecule has 0 atom stereocenters. The number of rotatable bonds is 17. The first-order valence-electron chi connectivity index (χ1n) is 49.8. The largest absolute Gasteiger partial charge is 0.311 e. The molecule has 24 aromatic rings. The zero-order valence-electron chi connectivity index (χ0n) is 79.9. The van der Waals surface area contributed by atoms with Crippen molar-refractivity contribution in [2.24, 2.45) is 0 Å². The van der Waals surface area contributed by atoms with E-state index in [9.17, 15) is 0 Å². The number of para-hydroxylation sites is 13. The van der Waals surface area contributed by atoms with E-state index in [1.165, 1.54) is 41.5 Å². The zero-order chi connectivity index (χ0) is 98.1. The van der Waals surface area contributed by atoms with Crippen LogP contribution in [0.25, 0.3) is 79.0 Å². The molecule has 16 nitrogen and oxygen atoms in total. The van der Waals surface area contributed by atoms with Gasteiger partial charge in [-0.2, -0.15) is 0 Å². The summed E-state index contributed by atoms with van der Waals surface area (Å²) in [5.41, 5.74) is 25.2. The fraction of sp³-hybridized carbons (Fsp3) is 0. The van der Waals surface area contributed by atoms with Crippen molar-refractivity contribution in [2.75, 3.05) is 29.4 Å². The van der Waals surface area contributed by atoms with Gasteiger partial charge in [0.15, 0.2) is 38.5 Å². The van der Waals surface area contributed by atoms with Crippen molar-refractivity contribution in [3.05, 3.63) is 555 Å². The van der Waals surface area contributed by atoms with Gasteiger partial charge in [0.1, 0.15) is 24.3 Å². The van der Waals surface area contributed by atoms with Gasteiger partial charge in [-0.3, -0.25) is 27.9 Å². The minimum absolute atomic E-state index is 0.268. The molecular weight excluding hydrogens is 1850 g/mol. The monoisotopic (exact) mass is 1930 g/mol. The van der Waals surface area contributed by atoms with Gasteiger partial charge in [-0.25, -0.2) is 19.9 Å². The summed E-state index contributed by atoms with van der Waals surface area (Å²) in [6.45, 7) is 0. The van der Waals surface area contributed by atoms with Gasteiger partial charge in [-0.15, -0.1) is 0 Å². The van der Waals surface area contributed by atoms with E-state index in [2.05, 4.69) is 484 Å². The minimum atomic E-state index is -2.94. The van der Waals surface area contributed by atoms with Gasteiger partial charge in [0.2, 0.25) is 0 Å². The van der Waals surface area contributed by atoms with Gasteiger partial charge < -0.3 is 29.4 Å². The Hall–Kier alpha value is -19.7. The van der Waals surface area contributed by atoms with Crippen LogP contribution in [0.1, 0.15) is 0 Å². The number of aromatic nitrogens is 8. The highest BCUT2D eigenvalue weighted by Crippen LogP contribution is 2.57. The Morgan fingerprint density at radius 1 is 0.176 bits per heavy atom. The van der Waals surface area contributed by atoms with Crippen LogP contribution in [0.15, 0.2) is 544 Å². The zero-order valence-corrected chi connectivity index (χ0v) is 81.9. The molecule has 8 heterocycles. The van der Waals surface area contributed by atoms with Crippen molar-refractivity contribution in [3.63, 3.8) is 0 Å². The van der Waals surface area contributed by atoms with Gasteiger partial charge in [0.25, 0.3) is 11.1 Å². The molecule has 4 aliphatic rings. The Bertz CT molecular complexity index is 9160. The van der Waals surface area contributed by atoms with Crippen LogP contribution in [0.2, 0.25) is 0 Å². The third-order valence-electron chi connectivity index (χ3n) is 29.8. The Kier molecular flexibility index (Phi) is 20.5. The molecule has 0 unspecified atom stereocenters. The van der Waals surface area contributed by atoms with Crippen molar-refractivity contribution in [2.45, 2.75) is 0 Å². The van der Waals surface area contributed by atoms with Crippen LogP contribution in [-0.4, -0.2) is 54.4 Å². The first-order chi connectivity index (χ1) is 73.3. The number of hydrogen-bond acceptors (Lipinski definition) is 12. The molecule has 0 saturated carbocycles. The number of nitrogens with zero attached hydrogens (tertiary/aromatic N) is 14. The maximum atomic E-state index is 16.5. The molecule has 18 heteroatoms. The summed E-state index contributed by atoms with van der Waals surface area (Å²) in [7, 11) is -5.84. The lowest BCUT2D eigenvalue weighted by Gasteiger charge is -2.45. The molecule has 4 aromatic heterocycles. The Morgan fingerprint density at radius 3 is 0.716 bits per heavy atom. The summed E-state index contributed by atoms with van der Waals surface area (Å²) < 4.78 is 7.25. The molecule has 0 N–H and O–H groups in total. The molecule has 0 bridgehead atoms. The molecule has 698 valence electrons. The molecule has 0 aliphatic carbocycles. The molecule has 0 radical (unpaired) electrons. The smallest absolute Gasteiger partial charge is 0.284 e. The van der Waals surface area contributed by atoms with Gasteiger partial charge >= 0.3 is 0 Å². The number of anilines is 18. The van der Waals surface area contributed by atoms with Crippen LogP contribution in [0.3, 0.4) is 0 Å². The number of fused-ring (bicyclic) bond motifs is 10. The second-order valence-electron chi connectivity index (χ2n) is 37.6. The first kappa shape index (κ1) is 86.2. The average Bonchev–Trinajstić information content (AvgIpc) is 0.695. The van der Waals surface area contributed by atoms with E-state index in [0.29, 0.717) is 45.4 Å². The van der Waals surface area contributed by atoms with E-state index in [1.54, 1.807) is 21.8 Å². The highest BCUT2D eigenvalue weighted by atomic mass is 28.3. The van der Waals surface area contributed by atoms with Crippen LogP contribution < -0.4 is 82.0 Å². The van der Waals surface area contributed by atoms with Crippen molar-refractivity contribution in [1.82, 2.24) is 38.2 Å². The van der Waals surface area contributed by atoms with Gasteiger partial charge in [-0.05, 0) is 247 Å². The number of hydrogen-bond donors (Lipinski definition) is 0. The molecule has 20 aromatic carbocycles. The predicted octanol–water partition coefficient (Wildman–Crippen LogP) is 25.3. The summed E-state index contributed by atoms with van der Waals surface area (Å²) in [4.78, 5) is 67.0. The summed E-state index contributed by atoms with van der Waals surface area (Å²) in [6.07, 6.45) is 3.22. The van der Waals surface area contributed by atoms with Gasteiger partial charge in [0, 0.05) is 79.4 Å². The van der Waals surface area contributed by atoms with E-state index in [0.717, 1.165) is 136 Å². The summed E-state index contributed by atoms with van der Waals surface area (Å²) >= 11 is 0. The Morgan fingerprint density at radius 2 is 0.399 bits per heavy atom. The SMILES string of the molecule is O=c1c2c(ncn1-c1ccc(N3c4ccccc4N(c4ccccc4)c4ccccc43)cc1)nc(-c1ccccc1)n2-c1ccc(N2c3ccccc3N(c3ccc(-c4ccccc4-c4nc5ncn(-c6ccc(N7c8ccccc8[Si](c8ccccc8)(c8ccccc8)c8ccccc87)cc6)c(=O)c5n4-c4ccc(N5c6ccccc6[Si](c6ccccc6)(c6ccccc6)c6ccccc65)cc4)cc3)c3ccccc32)cc1. The molecule has 0 saturated heterocycles. The second-order valence-corrected chi connectivity index (χ2v) is 45.0. The number of imidazole rings is 2. The molecule has 0 fully saturated rings. The lowest BCUT2D eigenvalue weighted by atomic mass is 9.98. The Balaban J connectivity index is 0.528. The van der Waals surface area contributed by atoms with Crippen molar-refractivity contribution >= 4 is 182 Å². The third kappa shape index (κ3) is 13.5. The maximum Gasteiger partial charge on any atom is 0.284 e. The fourth-order valence-electron chi connectivity index (χ4n) is 23.5. The minimum Gasteiger partial charge on any atom is -0.311 e. The van der Waals surface area contributed by atoms with Crippen molar-refractivity contribution < 1.29 is 0 Å². The van der Waals surface area contributed by atoms with E-state index < -0.39 is 16.1 Å². The molecular formula is C130H88N14O2Si2. The topological polar surface area (TPSA) is 125 Å². The Labute approximate surface area is 855 Å². The highest BCUT2D eigenvalue weighted by molar-refractivity contribution is 7.22. The van der Waals surface area contributed by atoms with E-state index in [-0.39, 0.29) is 11.1 Å². The quantitative estimate of drug-likeness (QED) is 0.0806. The molecule has 28 rings (SSSR count). The van der Waals surface area contributed by atoms with Crippen molar-refractivity contribution in [3.8, 4) is 56.7 Å². The summed E-state index contributed by atoms with van der Waals surface area (Å²) in [5, 5.41) is 10.4. The molecule has 0 spiro atoms. The van der Waals surface area contributed by atoms with Gasteiger partial charge in [0.05, 0.1) is 56.9 Å². The third-order valence-corrected chi connectivity index (χ3v) is 39.5. The average molecular weight is 1930 g/mol. The number of benzene rings is 20. The lowest BCUT2D eigenvalue weighted by Crippen LogP contribution is -2.77. The van der Waals surface area contributed by atoms with E-state index in [4.69, 9.17) is 19.9 Å². The van der Waals surface area contributed by atoms with E-state index in [1.807, 2.05) is 75.9 Å². The van der Waals surface area contributed by atoms with Crippen LogP contribution in [0.5, 0.6) is 0 Å². The van der Waals surface area contributed by atoms with E-state index >= 15 is 9.59 Å². The fourth-order valence-corrected chi connectivity index (χ4v) is 33.7. The molecule has 0 amide bonds. The van der Waals surface area contributed by atoms with Crippen LogP contribution in [-0.2, 0) is 0 Å². The maximum absolute atomic E-state index is 16.5. The normalized spacial score (nSPS) is 13.4. The van der Waals surface area contributed by atoms with Gasteiger partial charge in [-0.1, -0.05) is 328 Å². The molecule has 4 aliphatic heterocycles. The standard InChI is InChI=1S/C130H88N14O2Si2/c145-129-123-125(131-87-135(129)91-71-75-95(76-72-91)139-109-53-23-21-51-107(109)137(93-39-9-2-10-40-93)108-52-22-24-54-110(108)139)133-127(90-37-7-1-8-38-90)143(123)99-83-79-96(80-84-99)140-113-57-27-25-55-111(113)138(112-56-26-28-58-114(112)140)94-69-67-89(68-70-94)105-49-19-20-50-106(105)128-134-126-124(144(128)100-85-81-98(82-86-100)142-117-61-31-35-65-121(117)148(103-45-15-5-16-46-103,104-47-17-6-18-48-104)122-66-36-32-62-118(122)142)130(146)136(88-132-126)92-73-77-97(78-74-92)141-115-59-29-33-63-119(115)147(101-41-11-3-12-42-101,102-43-13-4-14-44-102)120-64-34-30-60-116(120)141/h1-88H. The van der Waals surface area contributed by atoms with Crippen LogP contribution in [0.4, 0.5) is 102 Å². The molecule has 148 heavy (non-hydrogen) atoms. The van der Waals surface area contributed by atoms with Crippen LogP contribution >= 0.6 is 0 Å². The highest BCUT2D eigenvalue weighted by Gasteiger charge is 2.51. The lowest BCUT2D eigenvalue weighted by molar-refractivity contribution is 0.947. The first-order valence-corrected chi connectivity index (χ1v) is 53.8. The predicted molar refractivity (Wildman–Crippen MR) is 608 cm³/mol. The summed E-state index contributed by atoms with van der Waals surface area (Å²) in [5.74, 6) is 1.13. The van der Waals surface area contributed by atoms with Crippen molar-refractivity contribution in [1.29, 1.82) is 0 Å².